The zero-order chi connectivity index (χ0) is 18.5. The predicted octanol–water partition coefficient (Wildman–Crippen LogP) is 3.60. The molecule has 0 radical (unpaired) electrons. The molecule has 2 N–H and O–H groups in total. The second kappa shape index (κ2) is 8.33. The highest BCUT2D eigenvalue weighted by Crippen LogP contribution is 2.16. The van der Waals surface area contributed by atoms with E-state index >= 15 is 0 Å². The average Bonchev–Trinajstić information content (AvgIpc) is 3.21. The number of aryl methyl sites for hydroxylation is 1. The van der Waals surface area contributed by atoms with Crippen molar-refractivity contribution in [3.05, 3.63) is 64.6 Å². The number of aromatic nitrogens is 4. The van der Waals surface area contributed by atoms with Gasteiger partial charge in [-0.1, -0.05) is 29.8 Å². The van der Waals surface area contributed by atoms with Crippen molar-refractivity contribution in [2.24, 2.45) is 0 Å². The molecule has 136 valence electrons. The molecule has 6 nitrogen and oxygen atoms in total. The first kappa shape index (κ1) is 18.4. The van der Waals surface area contributed by atoms with E-state index in [1.54, 1.807) is 0 Å². The summed E-state index contributed by atoms with van der Waals surface area (Å²) in [5.41, 5.74) is 3.29. The summed E-state index contributed by atoms with van der Waals surface area (Å²) < 4.78 is 3.78. The topological polar surface area (TPSA) is 59.7 Å². The van der Waals surface area contributed by atoms with Crippen molar-refractivity contribution < 1.29 is 0 Å². The van der Waals surface area contributed by atoms with E-state index in [1.807, 2.05) is 52.1 Å². The lowest BCUT2D eigenvalue weighted by molar-refractivity contribution is 0.638. The van der Waals surface area contributed by atoms with Crippen LogP contribution in [0.2, 0.25) is 5.02 Å². The molecule has 0 spiro atoms. The van der Waals surface area contributed by atoms with Crippen molar-refractivity contribution in [2.75, 3.05) is 5.32 Å². The number of anilines is 1. The Hall–Kier alpha value is -2.38. The fourth-order valence-corrected chi connectivity index (χ4v) is 3.00. The lowest BCUT2D eigenvalue weighted by Crippen LogP contribution is -2.28. The summed E-state index contributed by atoms with van der Waals surface area (Å²) in [6.07, 6.45) is 3.76. The zero-order valence-electron chi connectivity index (χ0n) is 14.7. The second-order valence-corrected chi connectivity index (χ2v) is 6.68. The second-order valence-electron chi connectivity index (χ2n) is 5.87. The molecule has 0 saturated heterocycles. The molecular weight excluding hydrogens is 368 g/mol. The lowest BCUT2D eigenvalue weighted by Gasteiger charge is -2.09. The Morgan fingerprint density at radius 2 is 2.04 bits per heavy atom. The molecule has 0 aliphatic rings. The van der Waals surface area contributed by atoms with Crippen LogP contribution in [-0.2, 0) is 19.6 Å². The number of benzene rings is 1. The molecule has 2 aromatic heterocycles. The Balaban J connectivity index is 1.54. The maximum Gasteiger partial charge on any atom is 0.172 e. The van der Waals surface area contributed by atoms with Gasteiger partial charge < -0.3 is 10.6 Å². The maximum absolute atomic E-state index is 6.20. The molecule has 0 unspecified atom stereocenters. The van der Waals surface area contributed by atoms with Gasteiger partial charge in [0.1, 0.15) is 0 Å². The smallest absolute Gasteiger partial charge is 0.172 e. The standard InChI is InChI=1S/C18H21ClN6S/c1-3-25-13(2)15(11-21-25)10-20-18(26)22-17-8-9-24(23-17)12-14-6-4-5-7-16(14)19/h4-9,11H,3,10,12H2,1-2H3,(H2,20,22,23,26). The van der Waals surface area contributed by atoms with Gasteiger partial charge in [-0.15, -0.1) is 0 Å². The number of thiocarbonyl (C=S) groups is 1. The number of halogens is 1. The van der Waals surface area contributed by atoms with Gasteiger partial charge in [0.05, 0.1) is 12.7 Å². The number of rotatable bonds is 6. The van der Waals surface area contributed by atoms with Crippen molar-refractivity contribution in [1.82, 2.24) is 24.9 Å². The summed E-state index contributed by atoms with van der Waals surface area (Å²) in [5.74, 6) is 0.690. The number of hydrogen-bond donors (Lipinski definition) is 2. The van der Waals surface area contributed by atoms with Crippen LogP contribution in [0.15, 0.2) is 42.7 Å². The Morgan fingerprint density at radius 1 is 1.23 bits per heavy atom. The molecule has 0 amide bonds. The van der Waals surface area contributed by atoms with Gasteiger partial charge in [0.15, 0.2) is 10.9 Å². The van der Waals surface area contributed by atoms with E-state index in [0.29, 0.717) is 24.0 Å². The molecule has 26 heavy (non-hydrogen) atoms. The number of nitrogens with one attached hydrogen (secondary N) is 2. The van der Waals surface area contributed by atoms with Crippen LogP contribution in [0.3, 0.4) is 0 Å². The molecule has 0 aliphatic heterocycles. The predicted molar refractivity (Wildman–Crippen MR) is 108 cm³/mol. The van der Waals surface area contributed by atoms with E-state index in [2.05, 4.69) is 34.7 Å². The Bertz CT molecular complexity index is 901. The first-order valence-corrected chi connectivity index (χ1v) is 9.18. The molecule has 0 saturated carbocycles. The van der Waals surface area contributed by atoms with E-state index in [0.717, 1.165) is 28.4 Å². The molecule has 0 fully saturated rings. The summed E-state index contributed by atoms with van der Waals surface area (Å²) in [4.78, 5) is 0. The van der Waals surface area contributed by atoms with Crippen LogP contribution in [0.5, 0.6) is 0 Å². The third-order valence-electron chi connectivity index (χ3n) is 4.12. The fourth-order valence-electron chi connectivity index (χ4n) is 2.63. The SMILES string of the molecule is CCn1ncc(CNC(=S)Nc2ccn(Cc3ccccc3Cl)n2)c1C. The molecule has 2 heterocycles. The van der Waals surface area contributed by atoms with Gasteiger partial charge in [-0.3, -0.25) is 9.36 Å². The van der Waals surface area contributed by atoms with E-state index < -0.39 is 0 Å². The summed E-state index contributed by atoms with van der Waals surface area (Å²) in [7, 11) is 0. The minimum Gasteiger partial charge on any atom is -0.358 e. The summed E-state index contributed by atoms with van der Waals surface area (Å²) in [6.45, 7) is 6.22. The van der Waals surface area contributed by atoms with E-state index in [4.69, 9.17) is 23.8 Å². The summed E-state index contributed by atoms with van der Waals surface area (Å²) in [5, 5.41) is 16.4. The van der Waals surface area contributed by atoms with Gasteiger partial charge >= 0.3 is 0 Å². The van der Waals surface area contributed by atoms with Crippen molar-refractivity contribution in [3.63, 3.8) is 0 Å². The summed E-state index contributed by atoms with van der Waals surface area (Å²) in [6, 6.07) is 9.62. The van der Waals surface area contributed by atoms with Crippen LogP contribution in [-0.4, -0.2) is 24.7 Å². The van der Waals surface area contributed by atoms with Crippen molar-refractivity contribution in [1.29, 1.82) is 0 Å². The minimum absolute atomic E-state index is 0.525. The average molecular weight is 389 g/mol. The monoisotopic (exact) mass is 388 g/mol. The molecule has 0 bridgehead atoms. The largest absolute Gasteiger partial charge is 0.358 e. The van der Waals surface area contributed by atoms with Crippen molar-refractivity contribution in [2.45, 2.75) is 33.5 Å². The maximum atomic E-state index is 6.20. The third-order valence-corrected chi connectivity index (χ3v) is 4.73. The Morgan fingerprint density at radius 3 is 2.77 bits per heavy atom. The number of nitrogens with zero attached hydrogens (tertiary/aromatic N) is 4. The molecule has 8 heteroatoms. The van der Waals surface area contributed by atoms with Crippen LogP contribution in [0.25, 0.3) is 0 Å². The Kier molecular flexibility index (Phi) is 5.90. The molecule has 0 aliphatic carbocycles. The van der Waals surface area contributed by atoms with Gasteiger partial charge in [0.2, 0.25) is 0 Å². The lowest BCUT2D eigenvalue weighted by atomic mass is 10.2. The Labute approximate surface area is 163 Å². The van der Waals surface area contributed by atoms with Crippen molar-refractivity contribution in [3.8, 4) is 0 Å². The quantitative estimate of drug-likeness (QED) is 0.632. The highest BCUT2D eigenvalue weighted by Gasteiger charge is 2.07. The van der Waals surface area contributed by atoms with Gasteiger partial charge in [-0.25, -0.2) is 0 Å². The zero-order valence-corrected chi connectivity index (χ0v) is 16.3. The van der Waals surface area contributed by atoms with Crippen molar-refractivity contribution >= 4 is 34.7 Å². The molecule has 1 aromatic carbocycles. The van der Waals surface area contributed by atoms with E-state index in [9.17, 15) is 0 Å². The summed E-state index contributed by atoms with van der Waals surface area (Å²) >= 11 is 11.5. The third kappa shape index (κ3) is 4.42. The molecule has 3 aromatic rings. The first-order valence-electron chi connectivity index (χ1n) is 8.39. The number of hydrogen-bond acceptors (Lipinski definition) is 3. The van der Waals surface area contributed by atoms with Gasteiger partial charge in [-0.2, -0.15) is 10.2 Å². The van der Waals surface area contributed by atoms with E-state index in [-0.39, 0.29) is 0 Å². The van der Waals surface area contributed by atoms with Gasteiger partial charge in [-0.05, 0) is 37.7 Å². The van der Waals surface area contributed by atoms with Crippen LogP contribution in [0.4, 0.5) is 5.82 Å². The van der Waals surface area contributed by atoms with Crippen LogP contribution >= 0.6 is 23.8 Å². The fraction of sp³-hybridized carbons (Fsp3) is 0.278. The minimum atomic E-state index is 0.525. The van der Waals surface area contributed by atoms with Gasteiger partial charge in [0.25, 0.3) is 0 Å². The van der Waals surface area contributed by atoms with Crippen LogP contribution in [0.1, 0.15) is 23.7 Å². The van der Waals surface area contributed by atoms with Gasteiger partial charge in [0, 0.05) is 41.6 Å². The molecule has 3 rings (SSSR count). The van der Waals surface area contributed by atoms with Crippen LogP contribution < -0.4 is 10.6 Å². The van der Waals surface area contributed by atoms with Crippen LogP contribution in [0, 0.1) is 6.92 Å². The highest BCUT2D eigenvalue weighted by atomic mass is 35.5. The van der Waals surface area contributed by atoms with E-state index in [1.165, 1.54) is 0 Å². The highest BCUT2D eigenvalue weighted by molar-refractivity contribution is 7.80. The molecule has 0 atom stereocenters. The first-order chi connectivity index (χ1) is 12.6. The molecular formula is C18H21ClN6S. The normalized spacial score (nSPS) is 10.7.